The molecule has 0 atom stereocenters. The molecule has 35 heavy (non-hydrogen) atoms. The molecule has 0 bridgehead atoms. The van der Waals surface area contributed by atoms with E-state index in [0.717, 1.165) is 16.7 Å². The molecule has 0 radical (unpaired) electrons. The number of benzene rings is 2. The number of nitrogens with one attached hydrogen (secondary N) is 3. The van der Waals surface area contributed by atoms with Crippen molar-refractivity contribution in [2.24, 2.45) is 0 Å². The van der Waals surface area contributed by atoms with Gasteiger partial charge in [0.1, 0.15) is 17.1 Å². The van der Waals surface area contributed by atoms with Crippen molar-refractivity contribution in [3.05, 3.63) is 77.0 Å². The second-order valence-electron chi connectivity index (χ2n) is 7.90. The van der Waals surface area contributed by atoms with Crippen LogP contribution >= 0.6 is 0 Å². The van der Waals surface area contributed by atoms with Gasteiger partial charge in [0.05, 0.1) is 19.3 Å². The Hall–Kier alpha value is -4.40. The van der Waals surface area contributed by atoms with Crippen LogP contribution in [0.5, 0.6) is 5.75 Å². The molecule has 2 amide bonds. The highest BCUT2D eigenvalue weighted by atomic mass is 16.5. The zero-order valence-corrected chi connectivity index (χ0v) is 20.1. The quantitative estimate of drug-likeness (QED) is 0.403. The molecule has 0 aliphatic carbocycles. The van der Waals surface area contributed by atoms with Gasteiger partial charge < -0.3 is 25.4 Å². The monoisotopic (exact) mass is 476 g/mol. The number of ether oxygens (including phenoxy) is 2. The van der Waals surface area contributed by atoms with Gasteiger partial charge in [0.15, 0.2) is 6.61 Å². The van der Waals surface area contributed by atoms with Gasteiger partial charge in [0.25, 0.3) is 5.91 Å². The third-order valence-electron chi connectivity index (χ3n) is 5.11. The third-order valence-corrected chi connectivity index (χ3v) is 5.11. The van der Waals surface area contributed by atoms with E-state index in [4.69, 9.17) is 9.47 Å². The Bertz CT molecular complexity index is 1220. The average Bonchev–Trinajstić information content (AvgIpc) is 2.84. The second kappa shape index (κ2) is 11.6. The van der Waals surface area contributed by atoms with Crippen molar-refractivity contribution < 1.29 is 23.9 Å². The SMILES string of the molecule is COc1ccccc1Nc1ncccc1C(=O)OCC(=O)NCC(=O)Nc1c(C)cc(C)cc1C. The maximum absolute atomic E-state index is 12.6. The van der Waals surface area contributed by atoms with Gasteiger partial charge >= 0.3 is 5.97 Å². The highest BCUT2D eigenvalue weighted by Gasteiger charge is 2.17. The highest BCUT2D eigenvalue weighted by molar-refractivity contribution is 5.98. The van der Waals surface area contributed by atoms with Crippen LogP contribution in [0.15, 0.2) is 54.7 Å². The van der Waals surface area contributed by atoms with Crippen molar-refractivity contribution in [1.82, 2.24) is 10.3 Å². The molecule has 1 aromatic heterocycles. The van der Waals surface area contributed by atoms with Crippen LogP contribution < -0.4 is 20.7 Å². The van der Waals surface area contributed by atoms with Crippen molar-refractivity contribution in [3.8, 4) is 5.75 Å². The van der Waals surface area contributed by atoms with E-state index in [1.165, 1.54) is 19.4 Å². The lowest BCUT2D eigenvalue weighted by Crippen LogP contribution is -2.35. The predicted molar refractivity (Wildman–Crippen MR) is 133 cm³/mol. The molecule has 3 rings (SSSR count). The molecule has 0 spiro atoms. The number of carbonyl (C=O) groups is 3. The molecule has 0 saturated carbocycles. The van der Waals surface area contributed by atoms with Gasteiger partial charge in [-0.15, -0.1) is 0 Å². The standard InChI is InChI=1S/C26H28N4O5/c1-16-12-17(2)24(18(3)13-16)30-22(31)14-28-23(32)15-35-26(33)19-8-7-11-27-25(19)29-20-9-5-6-10-21(20)34-4/h5-13H,14-15H2,1-4H3,(H,27,29)(H,28,32)(H,30,31). The molecule has 2 aromatic carbocycles. The van der Waals surface area contributed by atoms with E-state index < -0.39 is 18.5 Å². The summed E-state index contributed by atoms with van der Waals surface area (Å²) < 4.78 is 10.4. The first kappa shape index (κ1) is 25.2. The number of nitrogens with zero attached hydrogens (tertiary/aromatic N) is 1. The Balaban J connectivity index is 1.54. The highest BCUT2D eigenvalue weighted by Crippen LogP contribution is 2.27. The molecular weight excluding hydrogens is 448 g/mol. The minimum Gasteiger partial charge on any atom is -0.495 e. The van der Waals surface area contributed by atoms with E-state index in [1.54, 1.807) is 18.2 Å². The van der Waals surface area contributed by atoms with Crippen LogP contribution in [0.25, 0.3) is 0 Å². The maximum atomic E-state index is 12.6. The molecule has 0 aliphatic rings. The number of hydrogen-bond donors (Lipinski definition) is 3. The molecule has 3 N–H and O–H groups in total. The normalized spacial score (nSPS) is 10.3. The Kier molecular flexibility index (Phi) is 8.39. The maximum Gasteiger partial charge on any atom is 0.342 e. The number of para-hydroxylation sites is 2. The number of pyridine rings is 1. The van der Waals surface area contributed by atoms with Gasteiger partial charge in [-0.1, -0.05) is 29.8 Å². The molecule has 9 nitrogen and oxygen atoms in total. The minimum atomic E-state index is -0.735. The summed E-state index contributed by atoms with van der Waals surface area (Å²) in [5, 5.41) is 8.30. The first-order valence-electron chi connectivity index (χ1n) is 10.9. The van der Waals surface area contributed by atoms with Crippen LogP contribution in [0.3, 0.4) is 0 Å². The molecule has 9 heteroatoms. The summed E-state index contributed by atoms with van der Waals surface area (Å²) in [7, 11) is 1.54. The summed E-state index contributed by atoms with van der Waals surface area (Å²) in [4.78, 5) is 41.2. The Morgan fingerprint density at radius 3 is 2.37 bits per heavy atom. The predicted octanol–water partition coefficient (Wildman–Crippen LogP) is 3.67. The summed E-state index contributed by atoms with van der Waals surface area (Å²) in [6.07, 6.45) is 1.53. The first-order chi connectivity index (χ1) is 16.8. The van der Waals surface area contributed by atoms with E-state index in [2.05, 4.69) is 20.9 Å². The van der Waals surface area contributed by atoms with Crippen LogP contribution in [-0.4, -0.2) is 43.0 Å². The number of rotatable bonds is 9. The number of amides is 2. The van der Waals surface area contributed by atoms with E-state index in [9.17, 15) is 14.4 Å². The summed E-state index contributed by atoms with van der Waals surface area (Å²) in [5.41, 5.74) is 4.45. The van der Waals surface area contributed by atoms with Crippen LogP contribution in [-0.2, 0) is 14.3 Å². The molecule has 0 fully saturated rings. The number of carbonyl (C=O) groups excluding carboxylic acids is 3. The number of hydrogen-bond acceptors (Lipinski definition) is 7. The lowest BCUT2D eigenvalue weighted by Gasteiger charge is -2.14. The Labute approximate surface area is 203 Å². The number of methoxy groups -OCH3 is 1. The summed E-state index contributed by atoms with van der Waals surface area (Å²) in [6, 6.07) is 14.2. The molecule has 0 saturated heterocycles. The van der Waals surface area contributed by atoms with Gasteiger partial charge in [0.2, 0.25) is 5.91 Å². The average molecular weight is 477 g/mol. The van der Waals surface area contributed by atoms with E-state index in [1.807, 2.05) is 45.0 Å². The lowest BCUT2D eigenvalue weighted by molar-refractivity contribution is -0.126. The van der Waals surface area contributed by atoms with Crippen molar-refractivity contribution in [2.75, 3.05) is 30.9 Å². The molecule has 0 unspecified atom stereocenters. The smallest absolute Gasteiger partial charge is 0.342 e. The zero-order valence-electron chi connectivity index (χ0n) is 20.1. The first-order valence-corrected chi connectivity index (χ1v) is 10.9. The fourth-order valence-corrected chi connectivity index (χ4v) is 3.54. The fraction of sp³-hybridized carbons (Fsp3) is 0.231. The minimum absolute atomic E-state index is 0.147. The second-order valence-corrected chi connectivity index (χ2v) is 7.90. The van der Waals surface area contributed by atoms with E-state index in [-0.39, 0.29) is 23.8 Å². The van der Waals surface area contributed by atoms with Gasteiger partial charge in [-0.2, -0.15) is 0 Å². The topological polar surface area (TPSA) is 119 Å². The van der Waals surface area contributed by atoms with Gasteiger partial charge in [-0.25, -0.2) is 9.78 Å². The van der Waals surface area contributed by atoms with E-state index >= 15 is 0 Å². The number of aryl methyl sites for hydroxylation is 3. The molecule has 0 aliphatic heterocycles. The zero-order chi connectivity index (χ0) is 25.4. The van der Waals surface area contributed by atoms with Crippen LogP contribution in [0.1, 0.15) is 27.0 Å². The number of esters is 1. The molecule has 1 heterocycles. The lowest BCUT2D eigenvalue weighted by atomic mass is 10.1. The third kappa shape index (κ3) is 6.80. The summed E-state index contributed by atoms with van der Waals surface area (Å²) >= 11 is 0. The van der Waals surface area contributed by atoms with Crippen molar-refractivity contribution in [1.29, 1.82) is 0 Å². The summed E-state index contributed by atoms with van der Waals surface area (Å²) in [5.74, 6) is -0.887. The van der Waals surface area contributed by atoms with Gasteiger partial charge in [0, 0.05) is 11.9 Å². The largest absolute Gasteiger partial charge is 0.495 e. The number of anilines is 3. The summed E-state index contributed by atoms with van der Waals surface area (Å²) in [6.45, 7) is 5.00. The molecular formula is C26H28N4O5. The number of aromatic nitrogens is 1. The van der Waals surface area contributed by atoms with E-state index in [0.29, 0.717) is 17.1 Å². The molecule has 3 aromatic rings. The van der Waals surface area contributed by atoms with Crippen molar-refractivity contribution >= 4 is 35.0 Å². The van der Waals surface area contributed by atoms with Crippen LogP contribution in [0.4, 0.5) is 17.2 Å². The van der Waals surface area contributed by atoms with Gasteiger partial charge in [-0.05, 0) is 56.2 Å². The fourth-order valence-electron chi connectivity index (χ4n) is 3.54. The van der Waals surface area contributed by atoms with Crippen LogP contribution in [0, 0.1) is 20.8 Å². The van der Waals surface area contributed by atoms with Gasteiger partial charge in [-0.3, -0.25) is 9.59 Å². The Morgan fingerprint density at radius 1 is 0.943 bits per heavy atom. The Morgan fingerprint density at radius 2 is 1.66 bits per heavy atom. The molecule has 182 valence electrons. The van der Waals surface area contributed by atoms with Crippen molar-refractivity contribution in [2.45, 2.75) is 20.8 Å². The van der Waals surface area contributed by atoms with Crippen molar-refractivity contribution in [3.63, 3.8) is 0 Å². The van der Waals surface area contributed by atoms with Crippen LogP contribution in [0.2, 0.25) is 0 Å².